The second-order valence-corrected chi connectivity index (χ2v) is 7.25. The summed E-state index contributed by atoms with van der Waals surface area (Å²) in [7, 11) is 0.140. The van der Waals surface area contributed by atoms with Crippen molar-refractivity contribution in [2.45, 2.75) is 6.04 Å². The van der Waals surface area contributed by atoms with Crippen LogP contribution in [0, 0.1) is 0 Å². The molecule has 0 aromatic heterocycles. The molecule has 0 amide bonds. The quantitative estimate of drug-likeness (QED) is 0.851. The largest absolute Gasteiger partial charge is 0.384 e. The number of nitrogens with one attached hydrogen (secondary N) is 1. The number of methoxy groups -OCH3 is 1. The Kier molecular flexibility index (Phi) is 5.33. The second-order valence-electron chi connectivity index (χ2n) is 5.02. The molecular weight excluding hydrogens is 286 g/mol. The van der Waals surface area contributed by atoms with Gasteiger partial charge >= 0.3 is 0 Å². The number of fused-ring (bicyclic) bond motifs is 1. The van der Waals surface area contributed by atoms with E-state index in [-0.39, 0.29) is 24.2 Å². The van der Waals surface area contributed by atoms with Crippen LogP contribution in [0.2, 0.25) is 0 Å². The Labute approximate surface area is 126 Å². The molecule has 0 radical (unpaired) electrons. The Morgan fingerprint density at radius 3 is 2.57 bits per heavy atom. The Morgan fingerprint density at radius 2 is 1.86 bits per heavy atom. The van der Waals surface area contributed by atoms with Crippen molar-refractivity contribution in [3.05, 3.63) is 48.0 Å². The van der Waals surface area contributed by atoms with Crippen LogP contribution in [0.15, 0.2) is 42.5 Å². The minimum Gasteiger partial charge on any atom is -0.384 e. The van der Waals surface area contributed by atoms with Crippen LogP contribution in [0.5, 0.6) is 0 Å². The lowest BCUT2D eigenvalue weighted by Gasteiger charge is -2.19. The molecule has 114 valence electrons. The Bertz CT molecular complexity index is 692. The van der Waals surface area contributed by atoms with Gasteiger partial charge in [0, 0.05) is 13.2 Å². The fourth-order valence-corrected chi connectivity index (χ4v) is 3.87. The average Bonchev–Trinajstić information content (AvgIpc) is 2.50. The van der Waals surface area contributed by atoms with E-state index in [0.717, 1.165) is 16.3 Å². The summed E-state index contributed by atoms with van der Waals surface area (Å²) in [6.07, 6.45) is 0. The maximum atomic E-state index is 12.1. The van der Waals surface area contributed by atoms with Gasteiger partial charge in [0.1, 0.15) is 0 Å². The zero-order valence-corrected chi connectivity index (χ0v) is 13.2. The van der Waals surface area contributed by atoms with Gasteiger partial charge in [-0.25, -0.2) is 8.42 Å². The minimum absolute atomic E-state index is 0.0481. The van der Waals surface area contributed by atoms with Gasteiger partial charge in [0.05, 0.1) is 18.1 Å². The molecule has 0 heterocycles. The van der Waals surface area contributed by atoms with Gasteiger partial charge in [-0.05, 0) is 23.4 Å². The fourth-order valence-electron chi connectivity index (χ4n) is 2.43. The smallest absolute Gasteiger partial charge is 0.154 e. The first-order valence-electron chi connectivity index (χ1n) is 6.91. The first-order valence-corrected chi connectivity index (χ1v) is 8.74. The average molecular weight is 307 g/mol. The third-order valence-corrected chi connectivity index (χ3v) is 5.20. The van der Waals surface area contributed by atoms with Crippen LogP contribution in [-0.2, 0) is 14.6 Å². The van der Waals surface area contributed by atoms with Crippen molar-refractivity contribution < 1.29 is 13.2 Å². The SMILES string of the molecule is CNC(CS(=O)(=O)CCOC)c1cccc2ccccc12. The Balaban J connectivity index is 2.32. The van der Waals surface area contributed by atoms with E-state index in [9.17, 15) is 8.42 Å². The van der Waals surface area contributed by atoms with E-state index in [1.54, 1.807) is 7.05 Å². The highest BCUT2D eigenvalue weighted by Gasteiger charge is 2.20. The van der Waals surface area contributed by atoms with Crippen molar-refractivity contribution in [3.63, 3.8) is 0 Å². The Hall–Kier alpha value is -1.43. The molecule has 0 saturated carbocycles. The lowest BCUT2D eigenvalue weighted by Crippen LogP contribution is -2.27. The number of rotatable bonds is 7. The summed E-state index contributed by atoms with van der Waals surface area (Å²) < 4.78 is 29.2. The number of sulfone groups is 1. The van der Waals surface area contributed by atoms with Gasteiger partial charge in [-0.2, -0.15) is 0 Å². The summed E-state index contributed by atoms with van der Waals surface area (Å²) in [5, 5.41) is 5.32. The van der Waals surface area contributed by atoms with E-state index in [2.05, 4.69) is 5.32 Å². The molecular formula is C16H21NO3S. The predicted octanol–water partition coefficient (Wildman–Crippen LogP) is 2.16. The maximum absolute atomic E-state index is 12.1. The zero-order chi connectivity index (χ0) is 15.3. The monoisotopic (exact) mass is 307 g/mol. The van der Waals surface area contributed by atoms with E-state index in [1.165, 1.54) is 7.11 Å². The first kappa shape index (κ1) is 15.9. The molecule has 21 heavy (non-hydrogen) atoms. The summed E-state index contributed by atoms with van der Waals surface area (Å²) in [5.41, 5.74) is 1.01. The van der Waals surface area contributed by atoms with Gasteiger partial charge in [-0.3, -0.25) is 0 Å². The van der Waals surface area contributed by atoms with Crippen molar-refractivity contribution in [3.8, 4) is 0 Å². The highest BCUT2D eigenvalue weighted by Crippen LogP contribution is 2.25. The highest BCUT2D eigenvalue weighted by atomic mass is 32.2. The topological polar surface area (TPSA) is 55.4 Å². The molecule has 5 heteroatoms. The van der Waals surface area contributed by atoms with Crippen LogP contribution >= 0.6 is 0 Å². The lowest BCUT2D eigenvalue weighted by atomic mass is 10.00. The third kappa shape index (κ3) is 4.03. The zero-order valence-electron chi connectivity index (χ0n) is 12.4. The molecule has 0 aliphatic carbocycles. The summed E-state index contributed by atoms with van der Waals surface area (Å²) in [5.74, 6) is 0.118. The van der Waals surface area contributed by atoms with Crippen LogP contribution < -0.4 is 5.32 Å². The van der Waals surface area contributed by atoms with E-state index in [1.807, 2.05) is 42.5 Å². The molecule has 4 nitrogen and oxygen atoms in total. The number of benzene rings is 2. The fraction of sp³-hybridized carbons (Fsp3) is 0.375. The van der Waals surface area contributed by atoms with Gasteiger partial charge < -0.3 is 10.1 Å². The summed E-state index contributed by atoms with van der Waals surface area (Å²) in [4.78, 5) is 0. The van der Waals surface area contributed by atoms with Crippen LogP contribution in [0.4, 0.5) is 0 Å². The summed E-state index contributed by atoms with van der Waals surface area (Å²) >= 11 is 0. The van der Waals surface area contributed by atoms with Crippen molar-refractivity contribution in [1.29, 1.82) is 0 Å². The van der Waals surface area contributed by atoms with Crippen molar-refractivity contribution >= 4 is 20.6 Å². The molecule has 0 aliphatic heterocycles. The van der Waals surface area contributed by atoms with Crippen LogP contribution in [0.3, 0.4) is 0 Å². The van der Waals surface area contributed by atoms with Gasteiger partial charge in [-0.1, -0.05) is 42.5 Å². The number of hydrogen-bond acceptors (Lipinski definition) is 4. The molecule has 1 unspecified atom stereocenters. The minimum atomic E-state index is -3.16. The molecule has 1 atom stereocenters. The molecule has 2 aromatic rings. The Morgan fingerprint density at radius 1 is 1.14 bits per heavy atom. The summed E-state index contributed by atoms with van der Waals surface area (Å²) in [6, 6.07) is 13.8. The van der Waals surface area contributed by atoms with Gasteiger partial charge in [0.25, 0.3) is 0 Å². The third-order valence-electron chi connectivity index (χ3n) is 3.57. The van der Waals surface area contributed by atoms with Crippen LogP contribution in [-0.4, -0.2) is 40.7 Å². The van der Waals surface area contributed by atoms with E-state index < -0.39 is 9.84 Å². The molecule has 0 saturated heterocycles. The normalized spacial score (nSPS) is 13.4. The van der Waals surface area contributed by atoms with E-state index in [0.29, 0.717) is 0 Å². The van der Waals surface area contributed by atoms with Crippen LogP contribution in [0.25, 0.3) is 10.8 Å². The number of ether oxygens (including phenoxy) is 1. The lowest BCUT2D eigenvalue weighted by molar-refractivity contribution is 0.217. The van der Waals surface area contributed by atoms with E-state index in [4.69, 9.17) is 4.74 Å². The molecule has 2 aromatic carbocycles. The molecule has 0 fully saturated rings. The van der Waals surface area contributed by atoms with Crippen molar-refractivity contribution in [2.24, 2.45) is 0 Å². The van der Waals surface area contributed by atoms with Crippen molar-refractivity contribution in [1.82, 2.24) is 5.32 Å². The van der Waals surface area contributed by atoms with Crippen molar-refractivity contribution in [2.75, 3.05) is 32.3 Å². The molecule has 2 rings (SSSR count). The standard InChI is InChI=1S/C16H21NO3S/c1-17-16(12-21(18,19)11-10-20-2)15-9-5-7-13-6-3-4-8-14(13)15/h3-9,16-17H,10-12H2,1-2H3. The van der Waals surface area contributed by atoms with Gasteiger partial charge in [0.2, 0.25) is 0 Å². The molecule has 0 aliphatic rings. The van der Waals surface area contributed by atoms with Crippen LogP contribution in [0.1, 0.15) is 11.6 Å². The predicted molar refractivity (Wildman–Crippen MR) is 86.3 cm³/mol. The second kappa shape index (κ2) is 7.02. The molecule has 0 bridgehead atoms. The molecule has 1 N–H and O–H groups in total. The maximum Gasteiger partial charge on any atom is 0.154 e. The summed E-state index contributed by atoms with van der Waals surface area (Å²) in [6.45, 7) is 0.230. The van der Waals surface area contributed by atoms with E-state index >= 15 is 0 Å². The molecule has 0 spiro atoms. The number of hydrogen-bond donors (Lipinski definition) is 1. The van der Waals surface area contributed by atoms with Gasteiger partial charge in [-0.15, -0.1) is 0 Å². The highest BCUT2D eigenvalue weighted by molar-refractivity contribution is 7.91. The first-order chi connectivity index (χ1) is 10.1. The van der Waals surface area contributed by atoms with Gasteiger partial charge in [0.15, 0.2) is 9.84 Å².